The second-order valence-corrected chi connectivity index (χ2v) is 4.11. The van der Waals surface area contributed by atoms with Crippen molar-refractivity contribution in [2.24, 2.45) is 0 Å². The number of amides is 1. The number of carbonyl (C=O) groups excluding carboxylic acids is 1. The average molecular weight is 293 g/mol. The predicted molar refractivity (Wildman–Crippen MR) is 74.6 cm³/mol. The van der Waals surface area contributed by atoms with E-state index in [1.54, 1.807) is 12.1 Å². The zero-order chi connectivity index (χ0) is 15.4. The lowest BCUT2D eigenvalue weighted by atomic mass is 10.1. The van der Waals surface area contributed by atoms with Gasteiger partial charge in [-0.3, -0.25) is 4.79 Å². The molecule has 2 rings (SSSR count). The van der Waals surface area contributed by atoms with Crippen molar-refractivity contribution in [2.45, 2.75) is 0 Å². The highest BCUT2D eigenvalue weighted by molar-refractivity contribution is 6.04. The SMILES string of the molecule is CNc1c(F)cc(C(=O)Nc2ccc(OC)nc2)cc1F. The summed E-state index contributed by atoms with van der Waals surface area (Å²) in [5.74, 6) is -1.92. The minimum absolute atomic E-state index is 0.125. The van der Waals surface area contributed by atoms with Crippen LogP contribution in [0.3, 0.4) is 0 Å². The highest BCUT2D eigenvalue weighted by Gasteiger charge is 2.14. The minimum Gasteiger partial charge on any atom is -0.481 e. The quantitative estimate of drug-likeness (QED) is 0.909. The average Bonchev–Trinajstić information content (AvgIpc) is 2.47. The molecule has 0 fully saturated rings. The number of hydrogen-bond donors (Lipinski definition) is 2. The van der Waals surface area contributed by atoms with Gasteiger partial charge in [0.1, 0.15) is 17.3 Å². The molecule has 0 atom stereocenters. The smallest absolute Gasteiger partial charge is 0.255 e. The van der Waals surface area contributed by atoms with Crippen LogP contribution in [-0.2, 0) is 0 Å². The van der Waals surface area contributed by atoms with Gasteiger partial charge in [0.25, 0.3) is 5.91 Å². The first-order chi connectivity index (χ1) is 10.0. The van der Waals surface area contributed by atoms with Crippen LogP contribution in [0, 0.1) is 11.6 Å². The number of hydrogen-bond acceptors (Lipinski definition) is 4. The first-order valence-electron chi connectivity index (χ1n) is 6.03. The van der Waals surface area contributed by atoms with Gasteiger partial charge in [-0.15, -0.1) is 0 Å². The van der Waals surface area contributed by atoms with Crippen LogP contribution < -0.4 is 15.4 Å². The number of anilines is 2. The fourth-order valence-electron chi connectivity index (χ4n) is 1.72. The van der Waals surface area contributed by atoms with Gasteiger partial charge in [0.05, 0.1) is 19.0 Å². The molecule has 1 aromatic heterocycles. The summed E-state index contributed by atoms with van der Waals surface area (Å²) in [6, 6.07) is 5.04. The van der Waals surface area contributed by atoms with Gasteiger partial charge >= 0.3 is 0 Å². The van der Waals surface area contributed by atoms with Crippen LogP contribution in [0.5, 0.6) is 5.88 Å². The maximum Gasteiger partial charge on any atom is 0.255 e. The molecule has 5 nitrogen and oxygen atoms in total. The number of benzene rings is 1. The van der Waals surface area contributed by atoms with Gasteiger partial charge in [-0.05, 0) is 18.2 Å². The molecule has 0 aliphatic rings. The second kappa shape index (κ2) is 6.17. The molecule has 0 spiro atoms. The Morgan fingerprint density at radius 3 is 2.38 bits per heavy atom. The summed E-state index contributed by atoms with van der Waals surface area (Å²) in [5.41, 5.74) is -0.0169. The second-order valence-electron chi connectivity index (χ2n) is 4.11. The topological polar surface area (TPSA) is 63.2 Å². The summed E-state index contributed by atoms with van der Waals surface area (Å²) in [5, 5.41) is 4.88. The standard InChI is InChI=1S/C14H13F2N3O2/c1-17-13-10(15)5-8(6-11(13)16)14(20)19-9-3-4-12(21-2)18-7-9/h3-7,17H,1-2H3,(H,19,20). The summed E-state index contributed by atoms with van der Waals surface area (Å²) in [7, 11) is 2.86. The Kier molecular flexibility index (Phi) is 4.32. The molecule has 1 aromatic carbocycles. The molecule has 1 heterocycles. The monoisotopic (exact) mass is 293 g/mol. The lowest BCUT2D eigenvalue weighted by molar-refractivity contribution is 0.102. The molecule has 0 aliphatic heterocycles. The molecule has 0 unspecified atom stereocenters. The van der Waals surface area contributed by atoms with Crippen LogP contribution in [0.15, 0.2) is 30.5 Å². The molecular weight excluding hydrogens is 280 g/mol. The van der Waals surface area contributed by atoms with E-state index in [1.165, 1.54) is 20.4 Å². The van der Waals surface area contributed by atoms with E-state index in [4.69, 9.17) is 4.74 Å². The minimum atomic E-state index is -0.837. The molecule has 1 amide bonds. The zero-order valence-corrected chi connectivity index (χ0v) is 11.4. The van der Waals surface area contributed by atoms with E-state index < -0.39 is 17.5 Å². The van der Waals surface area contributed by atoms with Gasteiger partial charge in [0.2, 0.25) is 5.88 Å². The summed E-state index contributed by atoms with van der Waals surface area (Å²) in [6.45, 7) is 0. The van der Waals surface area contributed by atoms with Crippen molar-refractivity contribution in [1.82, 2.24) is 4.98 Å². The number of nitrogens with one attached hydrogen (secondary N) is 2. The molecule has 0 radical (unpaired) electrons. The van der Waals surface area contributed by atoms with Gasteiger partial charge in [0.15, 0.2) is 0 Å². The fourth-order valence-corrected chi connectivity index (χ4v) is 1.72. The number of ether oxygens (including phenoxy) is 1. The molecule has 21 heavy (non-hydrogen) atoms. The molecule has 110 valence electrons. The third-order valence-electron chi connectivity index (χ3n) is 2.76. The van der Waals surface area contributed by atoms with E-state index in [0.29, 0.717) is 11.6 Å². The number of pyridine rings is 1. The Morgan fingerprint density at radius 2 is 1.90 bits per heavy atom. The fraction of sp³-hybridized carbons (Fsp3) is 0.143. The Hall–Kier alpha value is -2.70. The van der Waals surface area contributed by atoms with Crippen molar-refractivity contribution in [3.05, 3.63) is 47.7 Å². The van der Waals surface area contributed by atoms with E-state index in [1.807, 2.05) is 0 Å². The number of carbonyl (C=O) groups is 1. The summed E-state index contributed by atoms with van der Waals surface area (Å²) in [4.78, 5) is 15.9. The first kappa shape index (κ1) is 14.7. The number of methoxy groups -OCH3 is 1. The highest BCUT2D eigenvalue weighted by Crippen LogP contribution is 2.21. The van der Waals surface area contributed by atoms with Crippen LogP contribution in [0.25, 0.3) is 0 Å². The summed E-state index contributed by atoms with van der Waals surface area (Å²) < 4.78 is 32.1. The largest absolute Gasteiger partial charge is 0.481 e. The van der Waals surface area contributed by atoms with Crippen molar-refractivity contribution < 1.29 is 18.3 Å². The molecule has 0 aliphatic carbocycles. The van der Waals surface area contributed by atoms with Crippen LogP contribution in [0.4, 0.5) is 20.2 Å². The number of aromatic nitrogens is 1. The molecular formula is C14H13F2N3O2. The molecule has 2 N–H and O–H groups in total. The highest BCUT2D eigenvalue weighted by atomic mass is 19.1. The molecule has 0 bridgehead atoms. The Bertz CT molecular complexity index is 637. The van der Waals surface area contributed by atoms with Gasteiger partial charge in [0, 0.05) is 18.7 Å². The number of nitrogens with zero attached hydrogens (tertiary/aromatic N) is 1. The van der Waals surface area contributed by atoms with Crippen molar-refractivity contribution in [1.29, 1.82) is 0 Å². The summed E-state index contributed by atoms with van der Waals surface area (Å²) >= 11 is 0. The van der Waals surface area contributed by atoms with E-state index in [0.717, 1.165) is 12.1 Å². The Labute approximate surface area is 120 Å². The van der Waals surface area contributed by atoms with Crippen LogP contribution >= 0.6 is 0 Å². The molecule has 7 heteroatoms. The van der Waals surface area contributed by atoms with E-state index >= 15 is 0 Å². The van der Waals surface area contributed by atoms with Crippen molar-refractivity contribution >= 4 is 17.3 Å². The van der Waals surface area contributed by atoms with E-state index in [2.05, 4.69) is 15.6 Å². The van der Waals surface area contributed by atoms with Gasteiger partial charge in [-0.2, -0.15) is 0 Å². The Morgan fingerprint density at radius 1 is 1.24 bits per heavy atom. The third kappa shape index (κ3) is 3.25. The molecule has 2 aromatic rings. The van der Waals surface area contributed by atoms with Crippen LogP contribution in [0.2, 0.25) is 0 Å². The third-order valence-corrected chi connectivity index (χ3v) is 2.76. The van der Waals surface area contributed by atoms with E-state index in [-0.39, 0.29) is 11.3 Å². The number of halogens is 2. The van der Waals surface area contributed by atoms with Crippen molar-refractivity contribution in [3.63, 3.8) is 0 Å². The zero-order valence-electron chi connectivity index (χ0n) is 11.4. The van der Waals surface area contributed by atoms with Crippen molar-refractivity contribution in [2.75, 3.05) is 24.8 Å². The van der Waals surface area contributed by atoms with Gasteiger partial charge in [-0.25, -0.2) is 13.8 Å². The van der Waals surface area contributed by atoms with E-state index in [9.17, 15) is 13.6 Å². The van der Waals surface area contributed by atoms with Gasteiger partial charge in [-0.1, -0.05) is 0 Å². The maximum atomic E-state index is 13.6. The molecule has 0 saturated carbocycles. The van der Waals surface area contributed by atoms with Gasteiger partial charge < -0.3 is 15.4 Å². The first-order valence-corrected chi connectivity index (χ1v) is 6.03. The van der Waals surface area contributed by atoms with Crippen molar-refractivity contribution in [3.8, 4) is 5.88 Å². The van der Waals surface area contributed by atoms with Crippen LogP contribution in [0.1, 0.15) is 10.4 Å². The maximum absolute atomic E-state index is 13.6. The number of rotatable bonds is 4. The summed E-state index contributed by atoms with van der Waals surface area (Å²) in [6.07, 6.45) is 1.38. The predicted octanol–water partition coefficient (Wildman–Crippen LogP) is 2.66. The lowest BCUT2D eigenvalue weighted by Gasteiger charge is -2.08. The molecule has 0 saturated heterocycles. The van der Waals surface area contributed by atoms with Crippen LogP contribution in [-0.4, -0.2) is 25.0 Å². The normalized spacial score (nSPS) is 10.1. The Balaban J connectivity index is 2.20. The lowest BCUT2D eigenvalue weighted by Crippen LogP contribution is -2.13.